The predicted octanol–water partition coefficient (Wildman–Crippen LogP) is 4.93. The van der Waals surface area contributed by atoms with E-state index in [9.17, 15) is 4.39 Å². The molecule has 2 rings (SSSR count). The van der Waals surface area contributed by atoms with Crippen LogP contribution in [0.1, 0.15) is 36.5 Å². The van der Waals surface area contributed by atoms with Gasteiger partial charge >= 0.3 is 0 Å². The first-order valence-electron chi connectivity index (χ1n) is 4.79. The molecule has 0 aromatic carbocycles. The van der Waals surface area contributed by atoms with E-state index in [-0.39, 0.29) is 10.8 Å². The average Bonchev–Trinajstić information content (AvgIpc) is 2.81. The van der Waals surface area contributed by atoms with Crippen LogP contribution in [0.5, 0.6) is 0 Å². The molecule has 0 radical (unpaired) electrons. The molecule has 0 unspecified atom stereocenters. The summed E-state index contributed by atoms with van der Waals surface area (Å²) in [5, 5.41) is 2.24. The summed E-state index contributed by atoms with van der Waals surface area (Å²) in [6.45, 7) is 0. The minimum absolute atomic E-state index is 0.165. The third-order valence-electron chi connectivity index (χ3n) is 2.69. The van der Waals surface area contributed by atoms with Crippen LogP contribution < -0.4 is 0 Å². The van der Waals surface area contributed by atoms with Crippen molar-refractivity contribution in [2.45, 2.75) is 31.6 Å². The highest BCUT2D eigenvalue weighted by atomic mass is 35.5. The molecule has 1 aromatic heterocycles. The van der Waals surface area contributed by atoms with Gasteiger partial charge < -0.3 is 0 Å². The summed E-state index contributed by atoms with van der Waals surface area (Å²) in [6.07, 6.45) is 4.60. The van der Waals surface area contributed by atoms with Crippen LogP contribution in [0, 0.1) is 5.13 Å². The SMILES string of the molecule is Fc1sc(C2CCCC2)c(Cl)c1N=C=S. The number of thiocarbonyl (C=S) groups is 1. The van der Waals surface area contributed by atoms with Gasteiger partial charge in [-0.1, -0.05) is 24.4 Å². The van der Waals surface area contributed by atoms with Gasteiger partial charge in [-0.25, -0.2) is 0 Å². The largest absolute Gasteiger partial charge is 0.204 e. The van der Waals surface area contributed by atoms with E-state index in [4.69, 9.17) is 11.6 Å². The van der Waals surface area contributed by atoms with E-state index in [1.807, 2.05) is 0 Å². The molecular formula is C10H9ClFNS2. The van der Waals surface area contributed by atoms with E-state index in [0.717, 1.165) is 29.1 Å². The molecule has 0 spiro atoms. The molecule has 0 aliphatic heterocycles. The Balaban J connectivity index is 2.40. The zero-order valence-electron chi connectivity index (χ0n) is 7.93. The number of halogens is 2. The minimum atomic E-state index is -0.348. The Labute approximate surface area is 102 Å². The third-order valence-corrected chi connectivity index (χ3v) is 4.41. The van der Waals surface area contributed by atoms with Crippen molar-refractivity contribution in [2.75, 3.05) is 0 Å². The van der Waals surface area contributed by atoms with Crippen LogP contribution in [0.4, 0.5) is 10.1 Å². The minimum Gasteiger partial charge on any atom is -0.193 e. The molecule has 1 heterocycles. The van der Waals surface area contributed by atoms with Crippen molar-refractivity contribution in [1.29, 1.82) is 0 Å². The second-order valence-corrected chi connectivity index (χ2v) is 5.15. The normalized spacial score (nSPS) is 16.7. The van der Waals surface area contributed by atoms with Gasteiger partial charge in [-0.3, -0.25) is 0 Å². The Morgan fingerprint density at radius 3 is 2.73 bits per heavy atom. The lowest BCUT2D eigenvalue weighted by Gasteiger charge is -2.05. The highest BCUT2D eigenvalue weighted by Crippen LogP contribution is 2.46. The lowest BCUT2D eigenvalue weighted by molar-refractivity contribution is 0.659. The summed E-state index contributed by atoms with van der Waals surface area (Å²) in [6, 6.07) is 0. The summed E-state index contributed by atoms with van der Waals surface area (Å²) in [5.74, 6) is 0.408. The predicted molar refractivity (Wildman–Crippen MR) is 65.2 cm³/mol. The van der Waals surface area contributed by atoms with Crippen LogP contribution in [-0.4, -0.2) is 5.16 Å². The number of thiophene rings is 1. The molecule has 0 bridgehead atoms. The molecule has 5 heteroatoms. The van der Waals surface area contributed by atoms with Gasteiger partial charge in [-0.05, 0) is 31.0 Å². The smallest absolute Gasteiger partial charge is 0.193 e. The lowest BCUT2D eigenvalue weighted by Crippen LogP contribution is -1.87. The number of rotatable bonds is 2. The Hall–Kier alpha value is -0.280. The Bertz CT molecular complexity index is 417. The van der Waals surface area contributed by atoms with E-state index >= 15 is 0 Å². The van der Waals surface area contributed by atoms with Gasteiger partial charge in [-0.2, -0.15) is 9.38 Å². The topological polar surface area (TPSA) is 12.4 Å². The molecule has 80 valence electrons. The molecule has 1 aliphatic rings. The lowest BCUT2D eigenvalue weighted by atomic mass is 10.1. The van der Waals surface area contributed by atoms with E-state index < -0.39 is 0 Å². The van der Waals surface area contributed by atoms with Crippen molar-refractivity contribution in [2.24, 2.45) is 4.99 Å². The van der Waals surface area contributed by atoms with Crippen molar-refractivity contribution in [3.8, 4) is 0 Å². The molecular weight excluding hydrogens is 253 g/mol. The van der Waals surface area contributed by atoms with Crippen LogP contribution in [0.15, 0.2) is 4.99 Å². The standard InChI is InChI=1S/C10H9ClFNS2/c11-7-8(13-5-14)10(12)15-9(7)6-3-1-2-4-6/h6H,1-4H2. The zero-order chi connectivity index (χ0) is 10.8. The van der Waals surface area contributed by atoms with Crippen LogP contribution in [-0.2, 0) is 0 Å². The number of hydrogen-bond donors (Lipinski definition) is 0. The van der Waals surface area contributed by atoms with Crippen LogP contribution in [0.25, 0.3) is 0 Å². The fraction of sp³-hybridized carbons (Fsp3) is 0.500. The molecule has 1 saturated carbocycles. The molecule has 15 heavy (non-hydrogen) atoms. The summed E-state index contributed by atoms with van der Waals surface area (Å²) in [5.41, 5.74) is 0.165. The third kappa shape index (κ3) is 2.13. The van der Waals surface area contributed by atoms with Crippen molar-refractivity contribution in [3.63, 3.8) is 0 Å². The maximum absolute atomic E-state index is 13.5. The van der Waals surface area contributed by atoms with Gasteiger partial charge in [0.05, 0.1) is 10.2 Å². The van der Waals surface area contributed by atoms with Gasteiger partial charge in [-0.15, -0.1) is 11.3 Å². The van der Waals surface area contributed by atoms with Gasteiger partial charge in [0.1, 0.15) is 5.69 Å². The molecule has 1 aromatic rings. The maximum Gasteiger partial charge on any atom is 0.204 e. The first-order chi connectivity index (χ1) is 7.24. The van der Waals surface area contributed by atoms with E-state index in [2.05, 4.69) is 22.4 Å². The van der Waals surface area contributed by atoms with Gasteiger partial charge in [0.25, 0.3) is 0 Å². The molecule has 1 aliphatic carbocycles. The molecule has 1 fully saturated rings. The maximum atomic E-state index is 13.5. The quantitative estimate of drug-likeness (QED) is 0.543. The van der Waals surface area contributed by atoms with Gasteiger partial charge in [0.15, 0.2) is 0 Å². The second kappa shape index (κ2) is 4.71. The van der Waals surface area contributed by atoms with Gasteiger partial charge in [0.2, 0.25) is 5.13 Å². The van der Waals surface area contributed by atoms with Crippen molar-refractivity contribution >= 4 is 46.0 Å². The van der Waals surface area contributed by atoms with Crippen molar-refractivity contribution in [1.82, 2.24) is 0 Å². The molecule has 1 nitrogen and oxygen atoms in total. The van der Waals surface area contributed by atoms with Crippen molar-refractivity contribution in [3.05, 3.63) is 15.0 Å². The Morgan fingerprint density at radius 2 is 2.13 bits per heavy atom. The molecule has 0 amide bonds. The monoisotopic (exact) mass is 261 g/mol. The fourth-order valence-corrected chi connectivity index (χ4v) is 3.55. The van der Waals surface area contributed by atoms with Crippen LogP contribution in [0.2, 0.25) is 5.02 Å². The summed E-state index contributed by atoms with van der Waals surface area (Å²) >= 11 is 11.6. The highest BCUT2D eigenvalue weighted by Gasteiger charge is 2.25. The van der Waals surface area contributed by atoms with E-state index in [1.165, 1.54) is 12.8 Å². The Kier molecular flexibility index (Phi) is 3.52. The summed E-state index contributed by atoms with van der Waals surface area (Å²) in [4.78, 5) is 4.59. The number of isothiocyanates is 1. The van der Waals surface area contributed by atoms with Crippen LogP contribution in [0.3, 0.4) is 0 Å². The average molecular weight is 262 g/mol. The highest BCUT2D eigenvalue weighted by molar-refractivity contribution is 7.78. The Morgan fingerprint density at radius 1 is 1.47 bits per heavy atom. The molecule has 0 atom stereocenters. The van der Waals surface area contributed by atoms with Crippen LogP contribution >= 0.6 is 35.2 Å². The number of nitrogens with zero attached hydrogens (tertiary/aromatic N) is 1. The number of aliphatic imine (C=N–C) groups is 1. The molecule has 0 N–H and O–H groups in total. The van der Waals surface area contributed by atoms with E-state index in [0.29, 0.717) is 10.9 Å². The second-order valence-electron chi connectivity index (χ2n) is 3.59. The summed E-state index contributed by atoms with van der Waals surface area (Å²) in [7, 11) is 0. The fourth-order valence-electron chi connectivity index (χ4n) is 1.98. The number of hydrogen-bond acceptors (Lipinski definition) is 3. The molecule has 0 saturated heterocycles. The van der Waals surface area contributed by atoms with Gasteiger partial charge in [0, 0.05) is 4.88 Å². The first-order valence-corrected chi connectivity index (χ1v) is 6.40. The zero-order valence-corrected chi connectivity index (χ0v) is 10.3. The summed E-state index contributed by atoms with van der Waals surface area (Å²) < 4.78 is 13.5. The van der Waals surface area contributed by atoms with Crippen molar-refractivity contribution < 1.29 is 4.39 Å². The van der Waals surface area contributed by atoms with E-state index in [1.54, 1.807) is 0 Å². The first kappa shape index (κ1) is 11.2.